The molecule has 22 heavy (non-hydrogen) atoms. The lowest BCUT2D eigenvalue weighted by molar-refractivity contribution is 0.200. The summed E-state index contributed by atoms with van der Waals surface area (Å²) in [5.41, 5.74) is 2.44. The number of urea groups is 1. The van der Waals surface area contributed by atoms with Crippen molar-refractivity contribution in [1.29, 1.82) is 0 Å². The number of amides is 2. The molecule has 3 heteroatoms. The van der Waals surface area contributed by atoms with Crippen LogP contribution in [-0.4, -0.2) is 23.5 Å². The Kier molecular flexibility index (Phi) is 6.01. The van der Waals surface area contributed by atoms with Crippen LogP contribution >= 0.6 is 0 Å². The van der Waals surface area contributed by atoms with Crippen molar-refractivity contribution in [2.75, 3.05) is 6.54 Å². The standard InChI is InChI=1S/C17H18N2O.C2H6/c20-17-18-12-16(11-14-7-3-1-4-8-14)19(17)13-15-9-5-2-6-10-15;1-2/h1-10,16H,11-13H2,(H,18,20);1-2H3. The molecule has 1 fully saturated rings. The maximum absolute atomic E-state index is 12.0. The summed E-state index contributed by atoms with van der Waals surface area (Å²) in [5, 5.41) is 2.95. The largest absolute Gasteiger partial charge is 0.336 e. The summed E-state index contributed by atoms with van der Waals surface area (Å²) in [7, 11) is 0. The molecule has 1 unspecified atom stereocenters. The number of rotatable bonds is 4. The first-order chi connectivity index (χ1) is 10.8. The number of carbonyl (C=O) groups excluding carboxylic acids is 1. The van der Waals surface area contributed by atoms with Crippen LogP contribution in [0, 0.1) is 0 Å². The van der Waals surface area contributed by atoms with Crippen LogP contribution in [0.15, 0.2) is 60.7 Å². The highest BCUT2D eigenvalue weighted by atomic mass is 16.2. The highest BCUT2D eigenvalue weighted by Gasteiger charge is 2.30. The molecule has 0 aliphatic carbocycles. The third-order valence-corrected chi connectivity index (χ3v) is 3.70. The average Bonchev–Trinajstić information content (AvgIpc) is 2.92. The van der Waals surface area contributed by atoms with E-state index in [0.29, 0.717) is 6.54 Å². The lowest BCUT2D eigenvalue weighted by Gasteiger charge is -2.23. The van der Waals surface area contributed by atoms with Gasteiger partial charge in [-0.1, -0.05) is 74.5 Å². The minimum absolute atomic E-state index is 0.0368. The molecule has 2 aromatic carbocycles. The smallest absolute Gasteiger partial charge is 0.318 e. The second-order valence-electron chi connectivity index (χ2n) is 5.14. The fourth-order valence-electron chi connectivity index (χ4n) is 2.63. The molecule has 1 heterocycles. The van der Waals surface area contributed by atoms with E-state index in [4.69, 9.17) is 0 Å². The first-order valence-corrected chi connectivity index (χ1v) is 7.95. The summed E-state index contributed by atoms with van der Waals surface area (Å²) in [6, 6.07) is 20.7. The van der Waals surface area contributed by atoms with Crippen molar-refractivity contribution in [2.24, 2.45) is 0 Å². The zero-order chi connectivity index (χ0) is 15.8. The molecular formula is C19H24N2O. The fourth-order valence-corrected chi connectivity index (χ4v) is 2.63. The zero-order valence-corrected chi connectivity index (χ0v) is 13.3. The van der Waals surface area contributed by atoms with Gasteiger partial charge in [-0.3, -0.25) is 0 Å². The number of benzene rings is 2. The van der Waals surface area contributed by atoms with Crippen LogP contribution in [0.25, 0.3) is 0 Å². The van der Waals surface area contributed by atoms with Gasteiger partial charge in [0.2, 0.25) is 0 Å². The molecular weight excluding hydrogens is 272 g/mol. The summed E-state index contributed by atoms with van der Waals surface area (Å²) in [5.74, 6) is 0. The van der Waals surface area contributed by atoms with Gasteiger partial charge in [0.05, 0.1) is 6.04 Å². The molecule has 3 rings (SSSR count). The normalized spacial score (nSPS) is 16.7. The maximum Gasteiger partial charge on any atom is 0.318 e. The maximum atomic E-state index is 12.0. The molecule has 3 nitrogen and oxygen atoms in total. The number of carbonyl (C=O) groups is 1. The summed E-state index contributed by atoms with van der Waals surface area (Å²) >= 11 is 0. The SMILES string of the molecule is CC.O=C1NCC(Cc2ccccc2)N1Cc1ccccc1. The van der Waals surface area contributed by atoms with E-state index in [1.165, 1.54) is 11.1 Å². The van der Waals surface area contributed by atoms with Gasteiger partial charge >= 0.3 is 6.03 Å². The fraction of sp³-hybridized carbons (Fsp3) is 0.316. The van der Waals surface area contributed by atoms with Crippen molar-refractivity contribution >= 4 is 6.03 Å². The molecule has 116 valence electrons. The van der Waals surface area contributed by atoms with E-state index in [1.807, 2.05) is 55.1 Å². The van der Waals surface area contributed by atoms with Crippen molar-refractivity contribution < 1.29 is 4.79 Å². The van der Waals surface area contributed by atoms with Crippen LogP contribution in [0.2, 0.25) is 0 Å². The summed E-state index contributed by atoms with van der Waals surface area (Å²) < 4.78 is 0. The molecule has 2 amide bonds. The van der Waals surface area contributed by atoms with Gasteiger partial charge in [-0.15, -0.1) is 0 Å². The predicted molar refractivity (Wildman–Crippen MR) is 90.7 cm³/mol. The Morgan fingerprint density at radius 3 is 2.09 bits per heavy atom. The molecule has 0 saturated carbocycles. The van der Waals surface area contributed by atoms with Crippen LogP contribution in [0.4, 0.5) is 4.79 Å². The van der Waals surface area contributed by atoms with Crippen molar-refractivity contribution in [3.8, 4) is 0 Å². The van der Waals surface area contributed by atoms with Crippen LogP contribution in [0.1, 0.15) is 25.0 Å². The van der Waals surface area contributed by atoms with Crippen LogP contribution in [0.3, 0.4) is 0 Å². The predicted octanol–water partition coefficient (Wildman–Crippen LogP) is 3.85. The van der Waals surface area contributed by atoms with Crippen LogP contribution in [-0.2, 0) is 13.0 Å². The van der Waals surface area contributed by atoms with Crippen LogP contribution < -0.4 is 5.32 Å². The Morgan fingerprint density at radius 1 is 0.955 bits per heavy atom. The van der Waals surface area contributed by atoms with Gasteiger partial charge in [0, 0.05) is 13.1 Å². The van der Waals surface area contributed by atoms with Gasteiger partial charge in [-0.2, -0.15) is 0 Å². The molecule has 1 aliphatic heterocycles. The van der Waals surface area contributed by atoms with Gasteiger partial charge in [0.25, 0.3) is 0 Å². The highest BCUT2D eigenvalue weighted by molar-refractivity contribution is 5.77. The monoisotopic (exact) mass is 296 g/mol. The molecule has 1 saturated heterocycles. The second kappa shape index (κ2) is 8.23. The van der Waals surface area contributed by atoms with Crippen molar-refractivity contribution in [2.45, 2.75) is 32.9 Å². The molecule has 1 atom stereocenters. The van der Waals surface area contributed by atoms with Gasteiger partial charge in [-0.25, -0.2) is 4.79 Å². The Morgan fingerprint density at radius 2 is 1.50 bits per heavy atom. The molecule has 0 radical (unpaired) electrons. The minimum Gasteiger partial charge on any atom is -0.336 e. The molecule has 0 aromatic heterocycles. The van der Waals surface area contributed by atoms with E-state index in [2.05, 4.69) is 29.6 Å². The van der Waals surface area contributed by atoms with Gasteiger partial charge in [0.1, 0.15) is 0 Å². The van der Waals surface area contributed by atoms with E-state index in [9.17, 15) is 4.79 Å². The molecule has 1 aliphatic rings. The summed E-state index contributed by atoms with van der Waals surface area (Å²) in [6.45, 7) is 5.39. The minimum atomic E-state index is 0.0368. The Labute approximate surface area is 133 Å². The Bertz CT molecular complexity index is 569. The van der Waals surface area contributed by atoms with E-state index in [-0.39, 0.29) is 12.1 Å². The Balaban J connectivity index is 0.000000847. The second-order valence-corrected chi connectivity index (χ2v) is 5.14. The van der Waals surface area contributed by atoms with E-state index in [0.717, 1.165) is 13.0 Å². The summed E-state index contributed by atoms with van der Waals surface area (Å²) in [4.78, 5) is 13.9. The van der Waals surface area contributed by atoms with E-state index >= 15 is 0 Å². The Hall–Kier alpha value is -2.29. The van der Waals surface area contributed by atoms with E-state index < -0.39 is 0 Å². The lowest BCUT2D eigenvalue weighted by atomic mass is 10.1. The average molecular weight is 296 g/mol. The van der Waals surface area contributed by atoms with Gasteiger partial charge in [0.15, 0.2) is 0 Å². The van der Waals surface area contributed by atoms with Crippen LogP contribution in [0.5, 0.6) is 0 Å². The molecule has 1 N–H and O–H groups in total. The molecule has 0 spiro atoms. The first-order valence-electron chi connectivity index (χ1n) is 7.95. The van der Waals surface area contributed by atoms with Gasteiger partial charge < -0.3 is 10.2 Å². The third-order valence-electron chi connectivity index (χ3n) is 3.70. The molecule has 0 bridgehead atoms. The lowest BCUT2D eigenvalue weighted by Crippen LogP contribution is -2.34. The highest BCUT2D eigenvalue weighted by Crippen LogP contribution is 2.16. The first kappa shape index (κ1) is 16.1. The number of nitrogens with one attached hydrogen (secondary N) is 1. The van der Waals surface area contributed by atoms with Crippen molar-refractivity contribution in [3.63, 3.8) is 0 Å². The molecule has 2 aromatic rings. The topological polar surface area (TPSA) is 32.3 Å². The third kappa shape index (κ3) is 4.10. The van der Waals surface area contributed by atoms with Crippen molar-refractivity contribution in [1.82, 2.24) is 10.2 Å². The number of nitrogens with zero attached hydrogens (tertiary/aromatic N) is 1. The quantitative estimate of drug-likeness (QED) is 0.913. The summed E-state index contributed by atoms with van der Waals surface area (Å²) in [6.07, 6.45) is 0.895. The van der Waals surface area contributed by atoms with Crippen molar-refractivity contribution in [3.05, 3.63) is 71.8 Å². The van der Waals surface area contributed by atoms with E-state index in [1.54, 1.807) is 0 Å². The number of hydrogen-bond donors (Lipinski definition) is 1. The van der Waals surface area contributed by atoms with Gasteiger partial charge in [-0.05, 0) is 17.5 Å². The zero-order valence-electron chi connectivity index (χ0n) is 13.3. The number of hydrogen-bond acceptors (Lipinski definition) is 1.